The number of para-hydroxylation sites is 1. The van der Waals surface area contributed by atoms with Crippen LogP contribution in [0.4, 0.5) is 0 Å². The molecule has 5 nitrogen and oxygen atoms in total. The van der Waals surface area contributed by atoms with E-state index in [0.29, 0.717) is 5.56 Å². The summed E-state index contributed by atoms with van der Waals surface area (Å²) in [5.41, 5.74) is 6.56. The van der Waals surface area contributed by atoms with Crippen molar-refractivity contribution >= 4 is 34.4 Å². The number of hydrogen-bond acceptors (Lipinski definition) is 4. The van der Waals surface area contributed by atoms with Gasteiger partial charge in [0, 0.05) is 18.5 Å². The Balaban J connectivity index is 1.46. The standard InChI is InChI=1S/C28H28N2O3/c1-19-9-11-20(12-10-19)17-21-13-14-23-26(22-7-3-4-8-24(22)29-27(21)23)28(32)33-18-25(31)30-15-5-2-6-16-30/h3-4,7-12,17H,2,5-6,13-16,18H2,1H3. The largest absolute Gasteiger partial charge is 0.452 e. The maximum Gasteiger partial charge on any atom is 0.339 e. The van der Waals surface area contributed by atoms with Crippen molar-refractivity contribution in [3.63, 3.8) is 0 Å². The number of rotatable bonds is 4. The predicted octanol–water partition coefficient (Wildman–Crippen LogP) is 5.20. The minimum absolute atomic E-state index is 0.113. The summed E-state index contributed by atoms with van der Waals surface area (Å²) in [5.74, 6) is -0.551. The van der Waals surface area contributed by atoms with Gasteiger partial charge in [0.2, 0.25) is 0 Å². The van der Waals surface area contributed by atoms with Gasteiger partial charge in [-0.15, -0.1) is 0 Å². The molecule has 2 aromatic carbocycles. The summed E-state index contributed by atoms with van der Waals surface area (Å²) in [6, 6.07) is 16.1. The molecule has 1 saturated heterocycles. The minimum atomic E-state index is -0.438. The number of fused-ring (bicyclic) bond motifs is 2. The first-order valence-electron chi connectivity index (χ1n) is 11.7. The molecule has 1 aliphatic heterocycles. The number of aryl methyl sites for hydroxylation is 1. The monoisotopic (exact) mass is 440 g/mol. The number of allylic oxidation sites excluding steroid dienone is 1. The van der Waals surface area contributed by atoms with Crippen LogP contribution in [0.2, 0.25) is 0 Å². The number of ether oxygens (including phenoxy) is 1. The average molecular weight is 441 g/mol. The number of benzene rings is 2. The zero-order valence-corrected chi connectivity index (χ0v) is 19.0. The molecule has 5 heteroatoms. The van der Waals surface area contributed by atoms with E-state index >= 15 is 0 Å². The van der Waals surface area contributed by atoms with Crippen molar-refractivity contribution in [1.82, 2.24) is 9.88 Å². The van der Waals surface area contributed by atoms with E-state index in [4.69, 9.17) is 9.72 Å². The second-order valence-corrected chi connectivity index (χ2v) is 8.93. The van der Waals surface area contributed by atoms with Crippen LogP contribution in [0.25, 0.3) is 22.6 Å². The molecule has 33 heavy (non-hydrogen) atoms. The maximum absolute atomic E-state index is 13.3. The zero-order chi connectivity index (χ0) is 22.8. The third-order valence-corrected chi connectivity index (χ3v) is 6.60. The number of likely N-dealkylation sites (tertiary alicyclic amines) is 1. The van der Waals surface area contributed by atoms with Gasteiger partial charge in [-0.05, 0) is 67.9 Å². The van der Waals surface area contributed by atoms with Crippen molar-refractivity contribution in [1.29, 1.82) is 0 Å². The Morgan fingerprint density at radius 2 is 1.76 bits per heavy atom. The first-order chi connectivity index (χ1) is 16.1. The second kappa shape index (κ2) is 9.18. The van der Waals surface area contributed by atoms with Crippen molar-refractivity contribution in [2.75, 3.05) is 19.7 Å². The fourth-order valence-electron chi connectivity index (χ4n) is 4.81. The number of aromatic nitrogens is 1. The summed E-state index contributed by atoms with van der Waals surface area (Å²) in [4.78, 5) is 32.5. The van der Waals surface area contributed by atoms with Gasteiger partial charge >= 0.3 is 5.97 Å². The average Bonchev–Trinajstić information content (AvgIpc) is 3.24. The number of nitrogens with zero attached hydrogens (tertiary/aromatic N) is 2. The third kappa shape index (κ3) is 4.40. The fraction of sp³-hybridized carbons (Fsp3) is 0.321. The highest BCUT2D eigenvalue weighted by atomic mass is 16.5. The second-order valence-electron chi connectivity index (χ2n) is 8.93. The van der Waals surface area contributed by atoms with Crippen LogP contribution in [0, 0.1) is 6.92 Å². The molecule has 1 aliphatic carbocycles. The van der Waals surface area contributed by atoms with Gasteiger partial charge in [-0.25, -0.2) is 9.78 Å². The number of esters is 1. The van der Waals surface area contributed by atoms with Gasteiger partial charge in [0.1, 0.15) is 0 Å². The Bertz CT molecular complexity index is 1240. The zero-order valence-electron chi connectivity index (χ0n) is 19.0. The highest BCUT2D eigenvalue weighted by Crippen LogP contribution is 2.37. The van der Waals surface area contributed by atoms with Gasteiger partial charge in [0.05, 0.1) is 16.8 Å². The molecule has 168 valence electrons. The molecule has 0 spiro atoms. The first kappa shape index (κ1) is 21.4. The fourth-order valence-corrected chi connectivity index (χ4v) is 4.81. The van der Waals surface area contributed by atoms with E-state index in [0.717, 1.165) is 78.5 Å². The highest BCUT2D eigenvalue weighted by molar-refractivity contribution is 6.07. The van der Waals surface area contributed by atoms with Crippen LogP contribution < -0.4 is 0 Å². The molecule has 1 fully saturated rings. The lowest BCUT2D eigenvalue weighted by molar-refractivity contribution is -0.135. The van der Waals surface area contributed by atoms with Crippen LogP contribution in [-0.4, -0.2) is 41.5 Å². The molecule has 0 atom stereocenters. The van der Waals surface area contributed by atoms with Crippen LogP contribution in [0.5, 0.6) is 0 Å². The lowest BCUT2D eigenvalue weighted by Crippen LogP contribution is -2.38. The molecule has 1 amide bonds. The van der Waals surface area contributed by atoms with E-state index in [2.05, 4.69) is 37.3 Å². The lowest BCUT2D eigenvalue weighted by Gasteiger charge is -2.26. The van der Waals surface area contributed by atoms with Crippen molar-refractivity contribution in [2.45, 2.75) is 39.0 Å². The Hall–Kier alpha value is -3.47. The lowest BCUT2D eigenvalue weighted by atomic mass is 10.0. The molecule has 0 radical (unpaired) electrons. The third-order valence-electron chi connectivity index (χ3n) is 6.60. The summed E-state index contributed by atoms with van der Waals surface area (Å²) < 4.78 is 5.57. The van der Waals surface area contributed by atoms with E-state index in [-0.39, 0.29) is 12.5 Å². The topological polar surface area (TPSA) is 59.5 Å². The van der Waals surface area contributed by atoms with Crippen LogP contribution >= 0.6 is 0 Å². The summed E-state index contributed by atoms with van der Waals surface area (Å²) in [6.45, 7) is 3.36. The molecule has 5 rings (SSSR count). The number of pyridine rings is 1. The van der Waals surface area contributed by atoms with Crippen LogP contribution in [0.3, 0.4) is 0 Å². The molecule has 0 unspecified atom stereocenters. The van der Waals surface area contributed by atoms with E-state index in [1.165, 1.54) is 5.56 Å². The van der Waals surface area contributed by atoms with Crippen LogP contribution in [-0.2, 0) is 16.0 Å². The van der Waals surface area contributed by atoms with Gasteiger partial charge in [-0.2, -0.15) is 0 Å². The predicted molar refractivity (Wildman–Crippen MR) is 130 cm³/mol. The minimum Gasteiger partial charge on any atom is -0.452 e. The summed E-state index contributed by atoms with van der Waals surface area (Å²) in [7, 11) is 0. The number of piperidine rings is 1. The Kier molecular flexibility index (Phi) is 5.95. The molecular weight excluding hydrogens is 412 g/mol. The van der Waals surface area contributed by atoms with Crippen molar-refractivity contribution in [3.8, 4) is 0 Å². The van der Waals surface area contributed by atoms with E-state index in [1.54, 1.807) is 4.90 Å². The van der Waals surface area contributed by atoms with E-state index in [9.17, 15) is 9.59 Å². The molecule has 1 aromatic heterocycles. The van der Waals surface area contributed by atoms with Crippen molar-refractivity contribution in [2.24, 2.45) is 0 Å². The number of carbonyl (C=O) groups excluding carboxylic acids is 2. The van der Waals surface area contributed by atoms with Crippen molar-refractivity contribution < 1.29 is 14.3 Å². The molecule has 3 aromatic rings. The molecule has 2 heterocycles. The van der Waals surface area contributed by atoms with Gasteiger partial charge < -0.3 is 9.64 Å². The van der Waals surface area contributed by atoms with Crippen LogP contribution in [0.1, 0.15) is 58.4 Å². The number of hydrogen-bond donors (Lipinski definition) is 0. The Morgan fingerprint density at radius 1 is 1.00 bits per heavy atom. The van der Waals surface area contributed by atoms with Gasteiger partial charge in [0.25, 0.3) is 5.91 Å². The summed E-state index contributed by atoms with van der Waals surface area (Å²) in [6.07, 6.45) is 6.88. The smallest absolute Gasteiger partial charge is 0.339 e. The van der Waals surface area contributed by atoms with Crippen molar-refractivity contribution in [3.05, 3.63) is 76.5 Å². The van der Waals surface area contributed by atoms with Gasteiger partial charge in [-0.1, -0.05) is 48.0 Å². The van der Waals surface area contributed by atoms with E-state index in [1.807, 2.05) is 24.3 Å². The molecular formula is C28H28N2O3. The summed E-state index contributed by atoms with van der Waals surface area (Å²) >= 11 is 0. The van der Waals surface area contributed by atoms with Gasteiger partial charge in [0.15, 0.2) is 6.61 Å². The molecule has 0 bridgehead atoms. The Morgan fingerprint density at radius 3 is 2.55 bits per heavy atom. The molecule has 2 aliphatic rings. The molecule has 0 N–H and O–H groups in total. The first-order valence-corrected chi connectivity index (χ1v) is 11.7. The summed E-state index contributed by atoms with van der Waals surface area (Å²) in [5, 5.41) is 0.781. The normalized spacial score (nSPS) is 16.8. The van der Waals surface area contributed by atoms with Crippen LogP contribution in [0.15, 0.2) is 48.5 Å². The number of amides is 1. The van der Waals surface area contributed by atoms with Gasteiger partial charge in [-0.3, -0.25) is 4.79 Å². The Labute approximate surface area is 194 Å². The number of carbonyl (C=O) groups is 2. The SMILES string of the molecule is Cc1ccc(C=C2CCc3c2nc2ccccc2c3C(=O)OCC(=O)N2CCCCC2)cc1. The highest BCUT2D eigenvalue weighted by Gasteiger charge is 2.28. The van der Waals surface area contributed by atoms with E-state index < -0.39 is 5.97 Å². The maximum atomic E-state index is 13.3. The quantitative estimate of drug-likeness (QED) is 0.523. The molecule has 0 saturated carbocycles.